The van der Waals surface area contributed by atoms with Crippen molar-refractivity contribution in [2.45, 2.75) is 6.04 Å². The van der Waals surface area contributed by atoms with Crippen LogP contribution in [0.15, 0.2) is 36.5 Å². The maximum absolute atomic E-state index is 5.98. The fourth-order valence-corrected chi connectivity index (χ4v) is 2.24. The topological polar surface area (TPSA) is 60.2 Å². The Morgan fingerprint density at radius 2 is 2.11 bits per heavy atom. The number of benzene rings is 1. The third-order valence-corrected chi connectivity index (χ3v) is 3.21. The van der Waals surface area contributed by atoms with Gasteiger partial charge in [0.25, 0.3) is 0 Å². The zero-order valence-corrected chi connectivity index (χ0v) is 11.6. The van der Waals surface area contributed by atoms with Crippen molar-refractivity contribution in [3.05, 3.63) is 52.7 Å². The maximum Gasteiger partial charge on any atom is 0.128 e. The molecule has 1 aromatic heterocycles. The number of hydrogen-bond acceptors (Lipinski definition) is 4. The molecule has 5 heteroatoms. The number of rotatable bonds is 4. The number of methoxy groups -OCH3 is 1. The van der Waals surface area contributed by atoms with Crippen LogP contribution in [0, 0.1) is 0 Å². The Morgan fingerprint density at radius 1 is 1.32 bits per heavy atom. The monoisotopic (exact) mass is 277 g/mol. The molecule has 2 rings (SSSR count). The summed E-state index contributed by atoms with van der Waals surface area (Å²) < 4.78 is 5.38. The van der Waals surface area contributed by atoms with Crippen LogP contribution in [0.3, 0.4) is 0 Å². The van der Waals surface area contributed by atoms with Gasteiger partial charge < -0.3 is 15.8 Å². The lowest BCUT2D eigenvalue weighted by Gasteiger charge is -2.20. The molecule has 0 saturated carbocycles. The molecular weight excluding hydrogens is 262 g/mol. The molecule has 100 valence electrons. The van der Waals surface area contributed by atoms with Crippen LogP contribution in [0.4, 0.5) is 5.82 Å². The van der Waals surface area contributed by atoms with Crippen molar-refractivity contribution in [1.29, 1.82) is 0 Å². The second kappa shape index (κ2) is 5.91. The molecule has 0 radical (unpaired) electrons. The summed E-state index contributed by atoms with van der Waals surface area (Å²) in [5.74, 6) is 1.22. The summed E-state index contributed by atoms with van der Waals surface area (Å²) in [6, 6.07) is 9.25. The Bertz CT molecular complexity index is 574. The van der Waals surface area contributed by atoms with E-state index in [4.69, 9.17) is 22.1 Å². The van der Waals surface area contributed by atoms with Crippen molar-refractivity contribution in [3.8, 4) is 5.75 Å². The van der Waals surface area contributed by atoms with Gasteiger partial charge in [-0.1, -0.05) is 23.7 Å². The Labute approximate surface area is 117 Å². The molecule has 0 amide bonds. The normalized spacial score (nSPS) is 12.2. The van der Waals surface area contributed by atoms with E-state index in [1.807, 2.05) is 31.3 Å². The quantitative estimate of drug-likeness (QED) is 0.902. The number of nitrogens with one attached hydrogen (secondary N) is 1. The van der Waals surface area contributed by atoms with Gasteiger partial charge in [0.2, 0.25) is 0 Å². The molecule has 1 atom stereocenters. The number of anilines is 1. The molecule has 0 aliphatic carbocycles. The molecule has 1 aromatic carbocycles. The largest absolute Gasteiger partial charge is 0.496 e. The van der Waals surface area contributed by atoms with Gasteiger partial charge in [0.05, 0.1) is 13.2 Å². The highest BCUT2D eigenvalue weighted by molar-refractivity contribution is 6.30. The number of nitrogens with zero attached hydrogens (tertiary/aromatic N) is 1. The summed E-state index contributed by atoms with van der Waals surface area (Å²) in [5.41, 5.74) is 7.81. The van der Waals surface area contributed by atoms with Crippen molar-refractivity contribution in [2.75, 3.05) is 19.9 Å². The summed E-state index contributed by atoms with van der Waals surface area (Å²) in [5, 5.41) is 3.86. The Kier molecular flexibility index (Phi) is 4.24. The van der Waals surface area contributed by atoms with E-state index in [2.05, 4.69) is 10.3 Å². The first-order chi connectivity index (χ1) is 9.17. The number of hydrogen-bond donors (Lipinski definition) is 2. The molecule has 3 N–H and O–H groups in total. The van der Waals surface area contributed by atoms with Gasteiger partial charge >= 0.3 is 0 Å². The van der Waals surface area contributed by atoms with Crippen LogP contribution in [0.2, 0.25) is 5.02 Å². The molecule has 4 nitrogen and oxygen atoms in total. The van der Waals surface area contributed by atoms with Crippen LogP contribution < -0.4 is 15.8 Å². The standard InChI is InChI=1S/C14H16ClN3O/c1-17-13(11-4-3-7-18-14(11)16)10-6-5-9(15)8-12(10)19-2/h3-8,13,17H,1-2H3,(H2,16,18). The van der Waals surface area contributed by atoms with E-state index in [0.717, 1.165) is 16.9 Å². The first-order valence-electron chi connectivity index (χ1n) is 5.88. The highest BCUT2D eigenvalue weighted by atomic mass is 35.5. The zero-order valence-electron chi connectivity index (χ0n) is 10.9. The molecule has 0 aliphatic rings. The second-order valence-electron chi connectivity index (χ2n) is 4.09. The minimum atomic E-state index is -0.0964. The summed E-state index contributed by atoms with van der Waals surface area (Å²) in [6.45, 7) is 0. The van der Waals surface area contributed by atoms with Gasteiger partial charge in [0, 0.05) is 22.3 Å². The molecule has 0 spiro atoms. The summed E-state index contributed by atoms with van der Waals surface area (Å²) in [4.78, 5) is 4.12. The van der Waals surface area contributed by atoms with E-state index in [0.29, 0.717) is 10.8 Å². The van der Waals surface area contributed by atoms with Crippen LogP contribution in [-0.4, -0.2) is 19.1 Å². The zero-order chi connectivity index (χ0) is 13.8. The molecule has 0 fully saturated rings. The number of nitrogen functional groups attached to an aromatic ring is 1. The predicted octanol–water partition coefficient (Wildman–Crippen LogP) is 2.63. The number of aromatic nitrogens is 1. The van der Waals surface area contributed by atoms with Crippen molar-refractivity contribution < 1.29 is 4.74 Å². The van der Waals surface area contributed by atoms with Crippen LogP contribution >= 0.6 is 11.6 Å². The van der Waals surface area contributed by atoms with Gasteiger partial charge in [-0.05, 0) is 25.2 Å². The fourth-order valence-electron chi connectivity index (χ4n) is 2.08. The van der Waals surface area contributed by atoms with E-state index in [1.165, 1.54) is 0 Å². The van der Waals surface area contributed by atoms with E-state index < -0.39 is 0 Å². The third kappa shape index (κ3) is 2.80. The van der Waals surface area contributed by atoms with Gasteiger partial charge in [-0.15, -0.1) is 0 Å². The molecule has 19 heavy (non-hydrogen) atoms. The minimum absolute atomic E-state index is 0.0964. The van der Waals surface area contributed by atoms with Gasteiger partial charge in [-0.25, -0.2) is 4.98 Å². The van der Waals surface area contributed by atoms with Crippen molar-refractivity contribution in [3.63, 3.8) is 0 Å². The van der Waals surface area contributed by atoms with Crippen molar-refractivity contribution >= 4 is 17.4 Å². The number of ether oxygens (including phenoxy) is 1. The van der Waals surface area contributed by atoms with Gasteiger partial charge in [-0.2, -0.15) is 0 Å². The number of halogens is 1. The fraction of sp³-hybridized carbons (Fsp3) is 0.214. The second-order valence-corrected chi connectivity index (χ2v) is 4.52. The number of pyridine rings is 1. The molecule has 2 aromatic rings. The summed E-state index contributed by atoms with van der Waals surface area (Å²) in [7, 11) is 3.49. The van der Waals surface area contributed by atoms with Crippen LogP contribution in [-0.2, 0) is 0 Å². The van der Waals surface area contributed by atoms with Crippen molar-refractivity contribution in [2.24, 2.45) is 0 Å². The first kappa shape index (κ1) is 13.6. The molecule has 0 aliphatic heterocycles. The average Bonchev–Trinajstić information content (AvgIpc) is 2.43. The van der Waals surface area contributed by atoms with Gasteiger partial charge in [0.1, 0.15) is 11.6 Å². The van der Waals surface area contributed by atoms with E-state index >= 15 is 0 Å². The van der Waals surface area contributed by atoms with Crippen LogP contribution in [0.25, 0.3) is 0 Å². The molecule has 1 unspecified atom stereocenters. The molecule has 1 heterocycles. The van der Waals surface area contributed by atoms with E-state index in [-0.39, 0.29) is 6.04 Å². The smallest absolute Gasteiger partial charge is 0.128 e. The number of nitrogens with two attached hydrogens (primary N) is 1. The van der Waals surface area contributed by atoms with Gasteiger partial charge in [-0.3, -0.25) is 0 Å². The lowest BCUT2D eigenvalue weighted by atomic mass is 9.98. The highest BCUT2D eigenvalue weighted by Gasteiger charge is 2.19. The highest BCUT2D eigenvalue weighted by Crippen LogP contribution is 2.33. The van der Waals surface area contributed by atoms with Gasteiger partial charge in [0.15, 0.2) is 0 Å². The molecular formula is C14H16ClN3O. The lowest BCUT2D eigenvalue weighted by molar-refractivity contribution is 0.405. The van der Waals surface area contributed by atoms with Crippen LogP contribution in [0.1, 0.15) is 17.2 Å². The third-order valence-electron chi connectivity index (χ3n) is 2.98. The molecule has 0 bridgehead atoms. The summed E-state index contributed by atoms with van der Waals surface area (Å²) in [6.07, 6.45) is 1.67. The SMILES string of the molecule is CNC(c1ccc(Cl)cc1OC)c1cccnc1N. The Morgan fingerprint density at radius 3 is 2.74 bits per heavy atom. The minimum Gasteiger partial charge on any atom is -0.496 e. The average molecular weight is 278 g/mol. The Hall–Kier alpha value is -1.78. The van der Waals surface area contributed by atoms with E-state index in [9.17, 15) is 0 Å². The Balaban J connectivity index is 2.51. The maximum atomic E-state index is 5.98. The van der Waals surface area contributed by atoms with Crippen LogP contribution in [0.5, 0.6) is 5.75 Å². The predicted molar refractivity (Wildman–Crippen MR) is 77.6 cm³/mol. The lowest BCUT2D eigenvalue weighted by Crippen LogP contribution is -2.20. The van der Waals surface area contributed by atoms with E-state index in [1.54, 1.807) is 19.4 Å². The summed E-state index contributed by atoms with van der Waals surface area (Å²) >= 11 is 5.98. The van der Waals surface area contributed by atoms with Crippen molar-refractivity contribution in [1.82, 2.24) is 10.3 Å². The molecule has 0 saturated heterocycles. The first-order valence-corrected chi connectivity index (χ1v) is 6.26.